The van der Waals surface area contributed by atoms with Crippen LogP contribution in [0.1, 0.15) is 17.7 Å². The smallest absolute Gasteiger partial charge is 0.242 e. The van der Waals surface area contributed by atoms with Crippen LogP contribution in [0.2, 0.25) is 0 Å². The van der Waals surface area contributed by atoms with Gasteiger partial charge in [-0.2, -0.15) is 4.72 Å². The van der Waals surface area contributed by atoms with E-state index in [-0.39, 0.29) is 10.8 Å². The second-order valence-corrected chi connectivity index (χ2v) is 7.95. The van der Waals surface area contributed by atoms with Crippen molar-refractivity contribution in [3.05, 3.63) is 23.2 Å². The van der Waals surface area contributed by atoms with Gasteiger partial charge in [0.1, 0.15) is 6.04 Å². The lowest BCUT2D eigenvalue weighted by Crippen LogP contribution is -2.50. The SMILES string of the molecule is Cc1sc(-c2ccno2)cc1S(=O)(=O)NC1CCCNC1=O. The fourth-order valence-electron chi connectivity index (χ4n) is 2.33. The van der Waals surface area contributed by atoms with Crippen LogP contribution < -0.4 is 10.0 Å². The first kappa shape index (κ1) is 15.2. The molecule has 2 aromatic rings. The third-order valence-corrected chi connectivity index (χ3v) is 6.22. The monoisotopic (exact) mass is 341 g/mol. The van der Waals surface area contributed by atoms with Crippen LogP contribution in [-0.2, 0) is 14.8 Å². The van der Waals surface area contributed by atoms with Crippen molar-refractivity contribution in [1.29, 1.82) is 0 Å². The largest absolute Gasteiger partial charge is 0.355 e. The summed E-state index contributed by atoms with van der Waals surface area (Å²) in [5, 5.41) is 6.28. The highest BCUT2D eigenvalue weighted by molar-refractivity contribution is 7.89. The topological polar surface area (TPSA) is 101 Å². The minimum Gasteiger partial charge on any atom is -0.355 e. The molecule has 0 bridgehead atoms. The van der Waals surface area contributed by atoms with Crippen molar-refractivity contribution in [2.75, 3.05) is 6.54 Å². The number of nitrogens with one attached hydrogen (secondary N) is 2. The molecule has 1 saturated heterocycles. The van der Waals surface area contributed by atoms with E-state index in [9.17, 15) is 13.2 Å². The normalized spacial score (nSPS) is 19.1. The van der Waals surface area contributed by atoms with Crippen molar-refractivity contribution < 1.29 is 17.7 Å². The van der Waals surface area contributed by atoms with E-state index in [4.69, 9.17) is 4.52 Å². The van der Waals surface area contributed by atoms with E-state index in [1.807, 2.05) is 0 Å². The Morgan fingerprint density at radius 3 is 3.00 bits per heavy atom. The van der Waals surface area contributed by atoms with E-state index in [0.29, 0.717) is 28.5 Å². The third-order valence-electron chi connectivity index (χ3n) is 3.43. The number of aryl methyl sites for hydroxylation is 1. The molecule has 1 unspecified atom stereocenters. The molecule has 22 heavy (non-hydrogen) atoms. The van der Waals surface area contributed by atoms with Crippen LogP contribution in [0.25, 0.3) is 10.6 Å². The van der Waals surface area contributed by atoms with E-state index < -0.39 is 16.1 Å². The maximum Gasteiger partial charge on any atom is 0.242 e. The number of carbonyl (C=O) groups excluding carboxylic acids is 1. The van der Waals surface area contributed by atoms with Crippen LogP contribution in [0.3, 0.4) is 0 Å². The summed E-state index contributed by atoms with van der Waals surface area (Å²) in [6, 6.07) is 2.50. The maximum absolute atomic E-state index is 12.5. The summed E-state index contributed by atoms with van der Waals surface area (Å²) in [6.45, 7) is 2.31. The fourth-order valence-corrected chi connectivity index (χ4v) is 5.11. The van der Waals surface area contributed by atoms with Crippen molar-refractivity contribution >= 4 is 27.3 Å². The summed E-state index contributed by atoms with van der Waals surface area (Å²) >= 11 is 1.31. The Hall–Kier alpha value is -1.71. The van der Waals surface area contributed by atoms with E-state index >= 15 is 0 Å². The predicted molar refractivity (Wildman–Crippen MR) is 80.9 cm³/mol. The van der Waals surface area contributed by atoms with Gasteiger partial charge in [0.05, 0.1) is 16.0 Å². The van der Waals surface area contributed by atoms with Crippen LogP contribution in [0.15, 0.2) is 27.7 Å². The molecule has 9 heteroatoms. The molecule has 1 amide bonds. The minimum absolute atomic E-state index is 0.169. The predicted octanol–water partition coefficient (Wildman–Crippen LogP) is 1.27. The average Bonchev–Trinajstić information content (AvgIpc) is 3.10. The van der Waals surface area contributed by atoms with E-state index in [0.717, 1.165) is 6.42 Å². The molecule has 0 aliphatic carbocycles. The molecular formula is C13H15N3O4S2. The highest BCUT2D eigenvalue weighted by Crippen LogP contribution is 2.33. The van der Waals surface area contributed by atoms with Gasteiger partial charge >= 0.3 is 0 Å². The molecule has 2 N–H and O–H groups in total. The van der Waals surface area contributed by atoms with Crippen LogP contribution in [0.4, 0.5) is 0 Å². The van der Waals surface area contributed by atoms with Gasteiger partial charge in [-0.25, -0.2) is 8.42 Å². The number of thiophene rings is 1. The Kier molecular flexibility index (Phi) is 4.02. The van der Waals surface area contributed by atoms with Gasteiger partial charge in [0.2, 0.25) is 15.9 Å². The van der Waals surface area contributed by atoms with Gasteiger partial charge in [0, 0.05) is 17.5 Å². The van der Waals surface area contributed by atoms with Crippen LogP contribution in [0.5, 0.6) is 0 Å². The molecule has 1 aliphatic heterocycles. The van der Waals surface area contributed by atoms with Crippen molar-refractivity contribution in [3.8, 4) is 10.6 Å². The van der Waals surface area contributed by atoms with Crippen molar-refractivity contribution in [1.82, 2.24) is 15.2 Å². The summed E-state index contributed by atoms with van der Waals surface area (Å²) < 4.78 is 32.6. The van der Waals surface area contributed by atoms with Crippen LogP contribution in [-0.4, -0.2) is 32.1 Å². The molecule has 1 atom stereocenters. The quantitative estimate of drug-likeness (QED) is 0.872. The summed E-state index contributed by atoms with van der Waals surface area (Å²) in [7, 11) is -3.76. The molecule has 3 heterocycles. The summed E-state index contributed by atoms with van der Waals surface area (Å²) in [4.78, 5) is 13.2. The lowest BCUT2D eigenvalue weighted by atomic mass is 10.1. The maximum atomic E-state index is 12.5. The van der Waals surface area contributed by atoms with E-state index in [1.54, 1.807) is 19.1 Å². The van der Waals surface area contributed by atoms with Gasteiger partial charge in [-0.15, -0.1) is 11.3 Å². The number of piperidine rings is 1. The molecule has 0 saturated carbocycles. The molecule has 0 spiro atoms. The zero-order valence-electron chi connectivity index (χ0n) is 11.8. The van der Waals surface area contributed by atoms with Gasteiger partial charge in [0.25, 0.3) is 0 Å². The highest BCUT2D eigenvalue weighted by Gasteiger charge is 2.29. The van der Waals surface area contributed by atoms with Gasteiger partial charge < -0.3 is 9.84 Å². The lowest BCUT2D eigenvalue weighted by Gasteiger charge is -2.22. The standard InChI is InChI=1S/C13H15N3O4S2/c1-8-12(7-11(21-8)10-4-6-15-20-10)22(18,19)16-9-3-2-5-14-13(9)17/h4,6-7,9,16H,2-3,5H2,1H3,(H,14,17). The van der Waals surface area contributed by atoms with E-state index in [1.165, 1.54) is 17.5 Å². The lowest BCUT2D eigenvalue weighted by molar-refractivity contribution is -0.124. The number of nitrogens with zero attached hydrogens (tertiary/aromatic N) is 1. The first-order chi connectivity index (χ1) is 10.5. The van der Waals surface area contributed by atoms with Crippen molar-refractivity contribution in [3.63, 3.8) is 0 Å². The molecular weight excluding hydrogens is 326 g/mol. The molecule has 2 aromatic heterocycles. The molecule has 1 fully saturated rings. The molecule has 7 nitrogen and oxygen atoms in total. The Labute approximate surface area is 131 Å². The average molecular weight is 341 g/mol. The molecule has 0 radical (unpaired) electrons. The third kappa shape index (κ3) is 2.92. The highest BCUT2D eigenvalue weighted by atomic mass is 32.2. The Balaban J connectivity index is 1.87. The first-order valence-corrected chi connectivity index (χ1v) is 9.09. The molecule has 1 aliphatic rings. The summed E-state index contributed by atoms with van der Waals surface area (Å²) in [5.41, 5.74) is 0. The Morgan fingerprint density at radius 1 is 1.50 bits per heavy atom. The Morgan fingerprint density at radius 2 is 2.32 bits per heavy atom. The van der Waals surface area contributed by atoms with Gasteiger partial charge in [-0.3, -0.25) is 4.79 Å². The van der Waals surface area contributed by atoms with Crippen LogP contribution in [0, 0.1) is 6.92 Å². The summed E-state index contributed by atoms with van der Waals surface area (Å²) in [5.74, 6) is 0.239. The number of hydrogen-bond acceptors (Lipinski definition) is 6. The van der Waals surface area contributed by atoms with Gasteiger partial charge in [-0.1, -0.05) is 5.16 Å². The zero-order chi connectivity index (χ0) is 15.7. The summed E-state index contributed by atoms with van der Waals surface area (Å²) in [6.07, 6.45) is 2.76. The second-order valence-electron chi connectivity index (χ2n) is 5.01. The number of aromatic nitrogens is 1. The van der Waals surface area contributed by atoms with E-state index in [2.05, 4.69) is 15.2 Å². The number of sulfonamides is 1. The van der Waals surface area contributed by atoms with Gasteiger partial charge in [0.15, 0.2) is 5.76 Å². The number of hydrogen-bond donors (Lipinski definition) is 2. The van der Waals surface area contributed by atoms with Crippen molar-refractivity contribution in [2.24, 2.45) is 0 Å². The van der Waals surface area contributed by atoms with Gasteiger partial charge in [-0.05, 0) is 25.8 Å². The first-order valence-electron chi connectivity index (χ1n) is 6.79. The number of carbonyl (C=O) groups is 1. The molecule has 118 valence electrons. The Bertz CT molecular complexity index is 780. The van der Waals surface area contributed by atoms with Crippen molar-refractivity contribution in [2.45, 2.75) is 30.7 Å². The second kappa shape index (κ2) is 5.82. The molecule has 3 rings (SSSR count). The number of amides is 1. The zero-order valence-corrected chi connectivity index (χ0v) is 13.5. The minimum atomic E-state index is -3.76. The van der Waals surface area contributed by atoms with Crippen LogP contribution >= 0.6 is 11.3 Å². The number of rotatable bonds is 4. The fraction of sp³-hybridized carbons (Fsp3) is 0.385. The molecule has 0 aromatic carbocycles.